The number of nitrogens with one attached hydrogen (secondary N) is 1. The molecular formula is C16H18ClNOS. The van der Waals surface area contributed by atoms with Gasteiger partial charge in [-0.1, -0.05) is 48.5 Å². The van der Waals surface area contributed by atoms with Gasteiger partial charge >= 0.3 is 0 Å². The first-order valence-electron chi connectivity index (χ1n) is 7.08. The zero-order chi connectivity index (χ0) is 14.1. The molecule has 1 aromatic rings. The van der Waals surface area contributed by atoms with Gasteiger partial charge in [0, 0.05) is 11.6 Å². The molecule has 0 aromatic heterocycles. The fourth-order valence-corrected chi connectivity index (χ4v) is 4.52. The van der Waals surface area contributed by atoms with Crippen molar-refractivity contribution in [1.82, 2.24) is 5.32 Å². The number of carbonyl (C=O) groups excluding carboxylic acids is 1. The van der Waals surface area contributed by atoms with Crippen molar-refractivity contribution < 1.29 is 4.79 Å². The maximum absolute atomic E-state index is 11.5. The monoisotopic (exact) mass is 307 g/mol. The highest BCUT2D eigenvalue weighted by atomic mass is 35.5. The molecule has 1 saturated heterocycles. The van der Waals surface area contributed by atoms with E-state index >= 15 is 0 Å². The van der Waals surface area contributed by atoms with E-state index in [2.05, 4.69) is 24.4 Å². The van der Waals surface area contributed by atoms with E-state index in [0.29, 0.717) is 11.8 Å². The van der Waals surface area contributed by atoms with Crippen molar-refractivity contribution in [3.63, 3.8) is 0 Å². The van der Waals surface area contributed by atoms with Crippen LogP contribution in [-0.2, 0) is 4.79 Å². The van der Waals surface area contributed by atoms with Crippen molar-refractivity contribution in [1.29, 1.82) is 0 Å². The zero-order valence-corrected chi connectivity index (χ0v) is 13.0. The summed E-state index contributed by atoms with van der Waals surface area (Å²) in [4.78, 5) is 11.5. The minimum absolute atomic E-state index is 0.184. The van der Waals surface area contributed by atoms with Crippen LogP contribution in [0.2, 0.25) is 5.02 Å². The second-order valence-corrected chi connectivity index (χ2v) is 6.96. The predicted molar refractivity (Wildman–Crippen MR) is 85.1 cm³/mol. The Bertz CT molecular complexity index is 557. The smallest absolute Gasteiger partial charge is 0.214 e. The molecule has 4 heteroatoms. The van der Waals surface area contributed by atoms with Crippen LogP contribution >= 0.6 is 23.4 Å². The van der Waals surface area contributed by atoms with Gasteiger partial charge in [0.25, 0.3) is 0 Å². The van der Waals surface area contributed by atoms with Gasteiger partial charge in [-0.15, -0.1) is 0 Å². The average Bonchev–Trinajstić information content (AvgIpc) is 2.81. The zero-order valence-electron chi connectivity index (χ0n) is 11.4. The van der Waals surface area contributed by atoms with Crippen LogP contribution in [0.5, 0.6) is 0 Å². The molecule has 1 fully saturated rings. The Labute approximate surface area is 129 Å². The van der Waals surface area contributed by atoms with Gasteiger partial charge in [0.15, 0.2) is 0 Å². The second-order valence-electron chi connectivity index (χ2n) is 5.44. The van der Waals surface area contributed by atoms with Crippen molar-refractivity contribution in [2.45, 2.75) is 31.1 Å². The first kappa shape index (κ1) is 14.2. The molecule has 2 aliphatic heterocycles. The fraction of sp³-hybridized carbons (Fsp3) is 0.438. The minimum Gasteiger partial charge on any atom is -0.301 e. The molecule has 1 N–H and O–H groups in total. The van der Waals surface area contributed by atoms with Crippen molar-refractivity contribution in [2.24, 2.45) is 5.92 Å². The van der Waals surface area contributed by atoms with Crippen LogP contribution in [0.25, 0.3) is 0 Å². The van der Waals surface area contributed by atoms with Gasteiger partial charge in [-0.25, -0.2) is 0 Å². The summed E-state index contributed by atoms with van der Waals surface area (Å²) in [5.74, 6) is 0.952. The van der Waals surface area contributed by atoms with Gasteiger partial charge in [0.2, 0.25) is 5.12 Å². The van der Waals surface area contributed by atoms with Crippen LogP contribution in [0, 0.1) is 5.92 Å². The second kappa shape index (κ2) is 5.92. The molecule has 3 atom stereocenters. The number of halogens is 1. The molecule has 0 bridgehead atoms. The third-order valence-electron chi connectivity index (χ3n) is 4.25. The predicted octanol–water partition coefficient (Wildman–Crippen LogP) is 3.97. The maximum Gasteiger partial charge on any atom is 0.214 e. The van der Waals surface area contributed by atoms with E-state index in [-0.39, 0.29) is 10.5 Å². The maximum atomic E-state index is 11.5. The summed E-state index contributed by atoms with van der Waals surface area (Å²) >= 11 is 7.76. The lowest BCUT2D eigenvalue weighted by molar-refractivity contribution is -0.106. The van der Waals surface area contributed by atoms with Crippen LogP contribution in [0.15, 0.2) is 35.9 Å². The molecule has 3 rings (SSSR count). The lowest BCUT2D eigenvalue weighted by Gasteiger charge is -2.34. The lowest BCUT2D eigenvalue weighted by atomic mass is 9.78. The Morgan fingerprint density at radius 1 is 1.45 bits per heavy atom. The number of carbonyl (C=O) groups is 1. The van der Waals surface area contributed by atoms with Gasteiger partial charge in [0.05, 0.1) is 5.37 Å². The van der Waals surface area contributed by atoms with E-state index in [1.165, 1.54) is 22.9 Å². The first-order chi connectivity index (χ1) is 9.69. The molecule has 2 heterocycles. The van der Waals surface area contributed by atoms with Crippen molar-refractivity contribution in [2.75, 3.05) is 6.54 Å². The summed E-state index contributed by atoms with van der Waals surface area (Å²) in [7, 11) is 0. The highest BCUT2D eigenvalue weighted by Gasteiger charge is 2.35. The SMILES string of the molecule is CCC(c1ccccc1Cl)C1CNC2SC(=O)C=C2C1. The highest BCUT2D eigenvalue weighted by molar-refractivity contribution is 8.15. The molecule has 1 aromatic carbocycles. The van der Waals surface area contributed by atoms with Crippen LogP contribution in [0.3, 0.4) is 0 Å². The van der Waals surface area contributed by atoms with E-state index in [1.807, 2.05) is 18.2 Å². The lowest BCUT2D eigenvalue weighted by Crippen LogP contribution is -2.39. The number of hydrogen-bond donors (Lipinski definition) is 1. The van der Waals surface area contributed by atoms with Crippen LogP contribution in [0.1, 0.15) is 31.2 Å². The average molecular weight is 308 g/mol. The first-order valence-corrected chi connectivity index (χ1v) is 8.33. The molecule has 2 nitrogen and oxygen atoms in total. The summed E-state index contributed by atoms with van der Waals surface area (Å²) in [6.07, 6.45) is 3.88. The van der Waals surface area contributed by atoms with E-state index < -0.39 is 0 Å². The summed E-state index contributed by atoms with van der Waals surface area (Å²) < 4.78 is 0. The Kier molecular flexibility index (Phi) is 4.20. The summed E-state index contributed by atoms with van der Waals surface area (Å²) in [5, 5.41) is 4.75. The van der Waals surface area contributed by atoms with Crippen molar-refractivity contribution >= 4 is 28.5 Å². The number of benzene rings is 1. The Hall–Kier alpha value is -0.770. The summed E-state index contributed by atoms with van der Waals surface area (Å²) in [5.41, 5.74) is 2.49. The van der Waals surface area contributed by atoms with Gasteiger partial charge < -0.3 is 5.32 Å². The van der Waals surface area contributed by atoms with Crippen molar-refractivity contribution in [3.05, 3.63) is 46.5 Å². The number of fused-ring (bicyclic) bond motifs is 1. The third kappa shape index (κ3) is 2.67. The molecule has 2 aliphatic rings. The van der Waals surface area contributed by atoms with Gasteiger partial charge in [0.1, 0.15) is 0 Å². The molecule has 0 radical (unpaired) electrons. The van der Waals surface area contributed by atoms with Crippen LogP contribution < -0.4 is 5.32 Å². The number of piperidine rings is 1. The number of thioether (sulfide) groups is 1. The minimum atomic E-state index is 0.184. The normalized spacial score (nSPS) is 27.1. The topological polar surface area (TPSA) is 29.1 Å². The molecule has 0 saturated carbocycles. The van der Waals surface area contributed by atoms with Crippen LogP contribution in [0.4, 0.5) is 0 Å². The standard InChI is InChI=1S/C16H18ClNOS/c1-2-12(13-5-3-4-6-14(13)17)11-7-10-8-15(19)20-16(10)18-9-11/h3-6,8,11-12,16,18H,2,7,9H2,1H3. The Balaban J connectivity index is 1.82. The van der Waals surface area contributed by atoms with E-state index in [4.69, 9.17) is 11.6 Å². The quantitative estimate of drug-likeness (QED) is 0.916. The summed E-state index contributed by atoms with van der Waals surface area (Å²) in [6, 6.07) is 8.12. The number of rotatable bonds is 3. The van der Waals surface area contributed by atoms with Gasteiger partial charge in [-0.2, -0.15) is 0 Å². The fourth-order valence-electron chi connectivity index (χ4n) is 3.29. The largest absolute Gasteiger partial charge is 0.301 e. The summed E-state index contributed by atoms with van der Waals surface area (Å²) in [6.45, 7) is 3.16. The van der Waals surface area contributed by atoms with E-state index in [0.717, 1.165) is 24.4 Å². The van der Waals surface area contributed by atoms with E-state index in [1.54, 1.807) is 0 Å². The van der Waals surface area contributed by atoms with E-state index in [9.17, 15) is 4.79 Å². The molecule has 3 unspecified atom stereocenters. The van der Waals surface area contributed by atoms with Crippen molar-refractivity contribution in [3.8, 4) is 0 Å². The highest BCUT2D eigenvalue weighted by Crippen LogP contribution is 2.41. The molecular weight excluding hydrogens is 290 g/mol. The van der Waals surface area contributed by atoms with Gasteiger partial charge in [-0.05, 0) is 48.0 Å². The number of hydrogen-bond acceptors (Lipinski definition) is 3. The Morgan fingerprint density at radius 2 is 2.25 bits per heavy atom. The van der Waals surface area contributed by atoms with Gasteiger partial charge in [-0.3, -0.25) is 4.79 Å². The Morgan fingerprint density at radius 3 is 3.00 bits per heavy atom. The molecule has 0 spiro atoms. The molecule has 106 valence electrons. The molecule has 20 heavy (non-hydrogen) atoms. The third-order valence-corrected chi connectivity index (χ3v) is 5.65. The molecule has 0 amide bonds. The van der Waals surface area contributed by atoms with Crippen LogP contribution in [-0.4, -0.2) is 17.0 Å². The molecule has 0 aliphatic carbocycles.